The number of nitrogens with one attached hydrogen (secondary N) is 6. The summed E-state index contributed by atoms with van der Waals surface area (Å²) in [5.41, 5.74) is 15.5. The molecule has 176 valence electrons. The third-order valence-electron chi connectivity index (χ3n) is 7.45. The van der Waals surface area contributed by atoms with Gasteiger partial charge < -0.3 is 21.1 Å². The van der Waals surface area contributed by atoms with Crippen molar-refractivity contribution in [3.63, 3.8) is 0 Å². The molecule has 5 rings (SSSR count). The number of amides is 1. The standard InChI is InChI=1S/C19H36FN9O2/c20-12-7-23-17-15(16(21)27-29(17)9-12)18(30)25-13-8-22-4-1-14(13)28-5-2-11(3-6-28)19-26-24-10-31-19/h11-17,19,22-24,26-27H,1-10,21H2,(H,25,30). The Hall–Kier alpha value is -0.960. The van der Waals surface area contributed by atoms with Crippen molar-refractivity contribution in [2.75, 3.05) is 46.0 Å². The number of nitrogens with two attached hydrogens (primary N) is 1. The normalized spacial score (nSPS) is 43.1. The number of hydrogen-bond donors (Lipinski definition) is 7. The topological polar surface area (TPSA) is 131 Å². The number of ether oxygens (including phenoxy) is 1. The first kappa shape index (κ1) is 21.9. The summed E-state index contributed by atoms with van der Waals surface area (Å²) in [6.45, 7) is 4.76. The number of carbonyl (C=O) groups is 1. The highest BCUT2D eigenvalue weighted by Crippen LogP contribution is 2.27. The second kappa shape index (κ2) is 9.49. The Bertz CT molecular complexity index is 631. The molecule has 0 aliphatic carbocycles. The van der Waals surface area contributed by atoms with Crippen LogP contribution in [0.3, 0.4) is 0 Å². The maximum atomic E-state index is 13.7. The Morgan fingerprint density at radius 3 is 2.81 bits per heavy atom. The van der Waals surface area contributed by atoms with Gasteiger partial charge in [-0.3, -0.25) is 15.0 Å². The number of piperidine rings is 2. The number of carbonyl (C=O) groups excluding carboxylic acids is 1. The van der Waals surface area contributed by atoms with Crippen LogP contribution < -0.4 is 38.0 Å². The molecule has 5 aliphatic rings. The second-order valence-corrected chi connectivity index (χ2v) is 9.38. The molecule has 0 saturated carbocycles. The van der Waals surface area contributed by atoms with Crippen LogP contribution in [-0.2, 0) is 9.53 Å². The van der Waals surface area contributed by atoms with Crippen molar-refractivity contribution in [2.45, 2.75) is 56.1 Å². The number of rotatable bonds is 4. The number of nitrogens with zero attached hydrogens (tertiary/aromatic N) is 2. The minimum Gasteiger partial charge on any atom is -0.350 e. The molecule has 7 unspecified atom stereocenters. The summed E-state index contributed by atoms with van der Waals surface area (Å²) in [5.74, 6) is -0.0225. The van der Waals surface area contributed by atoms with Crippen molar-refractivity contribution < 1.29 is 13.9 Å². The second-order valence-electron chi connectivity index (χ2n) is 9.38. The van der Waals surface area contributed by atoms with Crippen molar-refractivity contribution >= 4 is 5.91 Å². The lowest BCUT2D eigenvalue weighted by molar-refractivity contribution is -0.128. The highest BCUT2D eigenvalue weighted by atomic mass is 19.1. The first-order valence-corrected chi connectivity index (χ1v) is 11.6. The molecule has 0 aromatic heterocycles. The maximum absolute atomic E-state index is 13.7. The highest BCUT2D eigenvalue weighted by molar-refractivity contribution is 5.81. The van der Waals surface area contributed by atoms with Gasteiger partial charge in [-0.15, -0.1) is 0 Å². The predicted octanol–water partition coefficient (Wildman–Crippen LogP) is -3.06. The molecule has 8 N–H and O–H groups in total. The number of likely N-dealkylation sites (tertiary alicyclic amines) is 1. The molecule has 5 saturated heterocycles. The van der Waals surface area contributed by atoms with Crippen molar-refractivity contribution in [2.24, 2.45) is 17.6 Å². The van der Waals surface area contributed by atoms with Crippen LogP contribution in [0.25, 0.3) is 0 Å². The van der Waals surface area contributed by atoms with Crippen LogP contribution in [0.15, 0.2) is 0 Å². The van der Waals surface area contributed by atoms with Gasteiger partial charge in [0.05, 0.1) is 24.3 Å². The van der Waals surface area contributed by atoms with E-state index in [9.17, 15) is 9.18 Å². The summed E-state index contributed by atoms with van der Waals surface area (Å²) >= 11 is 0. The van der Waals surface area contributed by atoms with E-state index < -0.39 is 18.3 Å². The maximum Gasteiger partial charge on any atom is 0.229 e. The molecule has 1 amide bonds. The van der Waals surface area contributed by atoms with Crippen molar-refractivity contribution in [3.8, 4) is 0 Å². The zero-order valence-corrected chi connectivity index (χ0v) is 17.9. The number of halogens is 1. The molecule has 11 nitrogen and oxygen atoms in total. The molecule has 0 aromatic rings. The van der Waals surface area contributed by atoms with Crippen molar-refractivity contribution in [3.05, 3.63) is 0 Å². The largest absolute Gasteiger partial charge is 0.350 e. The zero-order valence-electron chi connectivity index (χ0n) is 17.9. The van der Waals surface area contributed by atoms with E-state index in [-0.39, 0.29) is 37.4 Å². The van der Waals surface area contributed by atoms with Gasteiger partial charge in [-0.1, -0.05) is 0 Å². The van der Waals surface area contributed by atoms with Gasteiger partial charge in [0.2, 0.25) is 5.91 Å². The van der Waals surface area contributed by atoms with E-state index in [4.69, 9.17) is 10.5 Å². The van der Waals surface area contributed by atoms with Crippen LogP contribution >= 0.6 is 0 Å². The molecule has 5 heterocycles. The van der Waals surface area contributed by atoms with Gasteiger partial charge >= 0.3 is 0 Å². The monoisotopic (exact) mass is 441 g/mol. The van der Waals surface area contributed by atoms with Crippen LogP contribution in [-0.4, -0.2) is 98.6 Å². The molecule has 0 bridgehead atoms. The summed E-state index contributed by atoms with van der Waals surface area (Å²) in [6, 6.07) is 0.331. The summed E-state index contributed by atoms with van der Waals surface area (Å²) in [5, 5.41) is 11.6. The Kier molecular flexibility index (Phi) is 6.70. The number of hydrogen-bond acceptors (Lipinski definition) is 10. The summed E-state index contributed by atoms with van der Waals surface area (Å²) in [4.78, 5) is 15.8. The third-order valence-corrected chi connectivity index (χ3v) is 7.45. The molecule has 12 heteroatoms. The lowest BCUT2D eigenvalue weighted by Gasteiger charge is -2.44. The Labute approximate surface area is 182 Å². The van der Waals surface area contributed by atoms with Gasteiger partial charge in [0, 0.05) is 31.6 Å². The molecule has 0 spiro atoms. The van der Waals surface area contributed by atoms with Gasteiger partial charge in [-0.25, -0.2) is 25.7 Å². The van der Waals surface area contributed by atoms with Gasteiger partial charge in [0.1, 0.15) is 19.1 Å². The fourth-order valence-corrected chi connectivity index (χ4v) is 5.81. The lowest BCUT2D eigenvalue weighted by Crippen LogP contribution is -2.64. The SMILES string of the molecule is NC1NN2CC(F)CNC2C1C(=O)NC1CNCCC1N1CCC(C2NNCO2)CC1. The average molecular weight is 442 g/mol. The average Bonchev–Trinajstić information content (AvgIpc) is 3.41. The van der Waals surface area contributed by atoms with E-state index in [0.29, 0.717) is 18.7 Å². The van der Waals surface area contributed by atoms with E-state index in [0.717, 1.165) is 45.4 Å². The lowest BCUT2D eigenvalue weighted by atomic mass is 9.90. The minimum atomic E-state index is -0.965. The zero-order chi connectivity index (χ0) is 21.4. The molecule has 31 heavy (non-hydrogen) atoms. The van der Waals surface area contributed by atoms with E-state index in [1.807, 2.05) is 0 Å². The molecule has 5 aliphatic heterocycles. The predicted molar refractivity (Wildman–Crippen MR) is 112 cm³/mol. The number of hydrazine groups is 2. The van der Waals surface area contributed by atoms with Gasteiger partial charge in [0.25, 0.3) is 0 Å². The minimum absolute atomic E-state index is 0.0269. The Morgan fingerprint density at radius 2 is 2.03 bits per heavy atom. The van der Waals surface area contributed by atoms with E-state index in [2.05, 4.69) is 37.1 Å². The number of fused-ring (bicyclic) bond motifs is 1. The van der Waals surface area contributed by atoms with Crippen molar-refractivity contribution in [1.82, 2.24) is 42.1 Å². The molecule has 0 aromatic carbocycles. The van der Waals surface area contributed by atoms with E-state index >= 15 is 0 Å². The van der Waals surface area contributed by atoms with Crippen LogP contribution in [0.1, 0.15) is 19.3 Å². The molecular weight excluding hydrogens is 405 g/mol. The summed E-state index contributed by atoms with van der Waals surface area (Å²) in [7, 11) is 0. The molecule has 5 fully saturated rings. The third kappa shape index (κ3) is 4.59. The van der Waals surface area contributed by atoms with E-state index in [1.54, 1.807) is 5.01 Å². The fourth-order valence-electron chi connectivity index (χ4n) is 5.81. The van der Waals surface area contributed by atoms with E-state index in [1.165, 1.54) is 0 Å². The molecule has 7 atom stereocenters. The number of alkyl halides is 1. The first-order valence-electron chi connectivity index (χ1n) is 11.6. The summed E-state index contributed by atoms with van der Waals surface area (Å²) < 4.78 is 19.4. The smallest absolute Gasteiger partial charge is 0.229 e. The first-order chi connectivity index (χ1) is 15.1. The Morgan fingerprint density at radius 1 is 1.19 bits per heavy atom. The van der Waals surface area contributed by atoms with Crippen LogP contribution in [0.5, 0.6) is 0 Å². The summed E-state index contributed by atoms with van der Waals surface area (Å²) in [6.07, 6.45) is 1.48. The fraction of sp³-hybridized carbons (Fsp3) is 0.947. The van der Waals surface area contributed by atoms with Gasteiger partial charge in [0.15, 0.2) is 0 Å². The van der Waals surface area contributed by atoms with Crippen LogP contribution in [0, 0.1) is 11.8 Å². The van der Waals surface area contributed by atoms with Gasteiger partial charge in [-0.2, -0.15) is 0 Å². The van der Waals surface area contributed by atoms with Crippen LogP contribution in [0.2, 0.25) is 0 Å². The highest BCUT2D eigenvalue weighted by Gasteiger charge is 2.48. The van der Waals surface area contributed by atoms with Gasteiger partial charge in [-0.05, 0) is 38.9 Å². The molecular formula is C19H36FN9O2. The Balaban J connectivity index is 1.18. The van der Waals surface area contributed by atoms with Crippen molar-refractivity contribution in [1.29, 1.82) is 0 Å². The quantitative estimate of drug-likeness (QED) is 0.241. The molecule has 0 radical (unpaired) electrons. The van der Waals surface area contributed by atoms with Crippen LogP contribution in [0.4, 0.5) is 4.39 Å².